The first-order valence-corrected chi connectivity index (χ1v) is 6.78. The third-order valence-electron chi connectivity index (χ3n) is 3.40. The van der Waals surface area contributed by atoms with E-state index in [9.17, 15) is 14.7 Å². The molecule has 1 aromatic rings. The lowest BCUT2D eigenvalue weighted by molar-refractivity contribution is 0.0976. The minimum Gasteiger partial charge on any atom is -0.507 e. The van der Waals surface area contributed by atoms with Gasteiger partial charge in [0.2, 0.25) is 0 Å². The van der Waals surface area contributed by atoms with E-state index in [4.69, 9.17) is 4.74 Å². The fourth-order valence-electron chi connectivity index (χ4n) is 2.38. The zero-order chi connectivity index (χ0) is 15.6. The Hall–Kier alpha value is -2.36. The van der Waals surface area contributed by atoms with Crippen molar-refractivity contribution < 1.29 is 19.4 Å². The van der Waals surface area contributed by atoms with E-state index in [-0.39, 0.29) is 28.4 Å². The molecule has 4 nitrogen and oxygen atoms in total. The minimum atomic E-state index is -0.303. The maximum Gasteiger partial charge on any atom is 0.193 e. The summed E-state index contributed by atoms with van der Waals surface area (Å²) in [5.74, 6) is -0.481. The molecule has 0 aromatic heterocycles. The van der Waals surface area contributed by atoms with Crippen molar-refractivity contribution in [3.8, 4) is 11.5 Å². The summed E-state index contributed by atoms with van der Waals surface area (Å²) in [7, 11) is 1.43. The largest absolute Gasteiger partial charge is 0.507 e. The van der Waals surface area contributed by atoms with Crippen molar-refractivity contribution in [3.05, 3.63) is 46.6 Å². The standard InChI is InChI=1S/C17H18O4/c1-10(2)5-4-6-11-9-13(19)15-14(21-3)8-7-12(18)16(15)17(11)20/h5,7-9,18H,4,6H2,1-3H3. The Morgan fingerprint density at radius 1 is 1.24 bits per heavy atom. The van der Waals surface area contributed by atoms with Gasteiger partial charge in [-0.2, -0.15) is 0 Å². The van der Waals surface area contributed by atoms with Crippen LogP contribution in [0.5, 0.6) is 11.5 Å². The molecule has 0 aliphatic heterocycles. The van der Waals surface area contributed by atoms with Crippen LogP contribution in [0.2, 0.25) is 0 Å². The van der Waals surface area contributed by atoms with E-state index >= 15 is 0 Å². The molecule has 0 atom stereocenters. The van der Waals surface area contributed by atoms with Crippen LogP contribution >= 0.6 is 0 Å². The number of ether oxygens (including phenoxy) is 1. The van der Waals surface area contributed by atoms with Gasteiger partial charge in [-0.3, -0.25) is 9.59 Å². The van der Waals surface area contributed by atoms with Crippen LogP contribution in [0.25, 0.3) is 0 Å². The van der Waals surface area contributed by atoms with Crippen molar-refractivity contribution in [3.63, 3.8) is 0 Å². The molecule has 0 unspecified atom stereocenters. The maximum atomic E-state index is 12.5. The van der Waals surface area contributed by atoms with Gasteiger partial charge in [-0.25, -0.2) is 0 Å². The second kappa shape index (κ2) is 5.95. The number of rotatable bonds is 4. The first-order valence-electron chi connectivity index (χ1n) is 6.78. The molecule has 21 heavy (non-hydrogen) atoms. The number of fused-ring (bicyclic) bond motifs is 1. The van der Waals surface area contributed by atoms with Crippen molar-refractivity contribution in [2.24, 2.45) is 0 Å². The number of methoxy groups -OCH3 is 1. The Morgan fingerprint density at radius 2 is 1.95 bits per heavy atom. The molecule has 1 aromatic carbocycles. The summed E-state index contributed by atoms with van der Waals surface area (Å²) in [4.78, 5) is 24.7. The molecule has 0 amide bonds. The van der Waals surface area contributed by atoms with Crippen molar-refractivity contribution in [2.45, 2.75) is 26.7 Å². The summed E-state index contributed by atoms with van der Waals surface area (Å²) in [6.45, 7) is 3.96. The number of carbonyl (C=O) groups excluding carboxylic acids is 2. The molecule has 0 spiro atoms. The Bertz CT molecular complexity index is 662. The predicted molar refractivity (Wildman–Crippen MR) is 80.1 cm³/mol. The van der Waals surface area contributed by atoms with Gasteiger partial charge in [-0.05, 0) is 44.9 Å². The van der Waals surface area contributed by atoms with Crippen LogP contribution < -0.4 is 4.74 Å². The fourth-order valence-corrected chi connectivity index (χ4v) is 2.38. The van der Waals surface area contributed by atoms with E-state index in [2.05, 4.69) is 0 Å². The summed E-state index contributed by atoms with van der Waals surface area (Å²) >= 11 is 0. The van der Waals surface area contributed by atoms with Crippen LogP contribution in [-0.4, -0.2) is 23.8 Å². The second-order valence-electron chi connectivity index (χ2n) is 5.22. The summed E-state index contributed by atoms with van der Waals surface area (Å²) in [5.41, 5.74) is 1.78. The first-order chi connectivity index (χ1) is 9.95. The van der Waals surface area contributed by atoms with Crippen LogP contribution in [-0.2, 0) is 0 Å². The van der Waals surface area contributed by atoms with Crippen LogP contribution in [0.1, 0.15) is 47.4 Å². The topological polar surface area (TPSA) is 63.6 Å². The van der Waals surface area contributed by atoms with Crippen molar-refractivity contribution in [1.29, 1.82) is 0 Å². The zero-order valence-electron chi connectivity index (χ0n) is 12.4. The lowest BCUT2D eigenvalue weighted by Crippen LogP contribution is -2.18. The van der Waals surface area contributed by atoms with E-state index in [0.717, 1.165) is 5.57 Å². The third-order valence-corrected chi connectivity index (χ3v) is 3.40. The molecule has 0 radical (unpaired) electrons. The number of hydrogen-bond donors (Lipinski definition) is 1. The normalized spacial score (nSPS) is 13.6. The molecule has 110 valence electrons. The third kappa shape index (κ3) is 2.89. The van der Waals surface area contributed by atoms with E-state index < -0.39 is 0 Å². The summed E-state index contributed by atoms with van der Waals surface area (Å²) in [6, 6.07) is 2.86. The molecule has 0 saturated carbocycles. The number of aromatic hydroxyl groups is 1. The van der Waals surface area contributed by atoms with Crippen molar-refractivity contribution in [2.75, 3.05) is 7.11 Å². The molecule has 0 heterocycles. The van der Waals surface area contributed by atoms with Crippen LogP contribution in [0, 0.1) is 0 Å². The summed E-state index contributed by atoms with van der Waals surface area (Å²) in [6.07, 6.45) is 4.53. The number of carbonyl (C=O) groups is 2. The monoisotopic (exact) mass is 286 g/mol. The zero-order valence-corrected chi connectivity index (χ0v) is 12.4. The highest BCUT2D eigenvalue weighted by atomic mass is 16.5. The number of phenolic OH excluding ortho intramolecular Hbond substituents is 1. The molecule has 1 aliphatic rings. The SMILES string of the molecule is COc1ccc(O)c2c1C(=O)C=C(CCC=C(C)C)C2=O. The van der Waals surface area contributed by atoms with Crippen molar-refractivity contribution in [1.82, 2.24) is 0 Å². The van der Waals surface area contributed by atoms with Gasteiger partial charge in [0.15, 0.2) is 11.6 Å². The molecular formula is C17H18O4. The van der Waals surface area contributed by atoms with Crippen LogP contribution in [0.15, 0.2) is 35.4 Å². The molecular weight excluding hydrogens is 268 g/mol. The number of allylic oxidation sites excluding steroid dienone is 4. The predicted octanol–water partition coefficient (Wildman–Crippen LogP) is 3.45. The van der Waals surface area contributed by atoms with Gasteiger partial charge in [0.25, 0.3) is 0 Å². The Balaban J connectivity index is 2.41. The summed E-state index contributed by atoms with van der Waals surface area (Å²) < 4.78 is 5.11. The molecule has 2 rings (SSSR count). The van der Waals surface area contributed by atoms with Gasteiger partial charge in [0.05, 0.1) is 18.2 Å². The maximum absolute atomic E-state index is 12.5. The van der Waals surface area contributed by atoms with Gasteiger partial charge >= 0.3 is 0 Å². The number of phenols is 1. The minimum absolute atomic E-state index is 0.0500. The highest BCUT2D eigenvalue weighted by Crippen LogP contribution is 2.36. The average molecular weight is 286 g/mol. The number of benzene rings is 1. The van der Waals surface area contributed by atoms with E-state index in [1.165, 1.54) is 25.3 Å². The number of Topliss-reactive ketones (excluding diaryl/α,β-unsaturated/α-hetero) is 1. The van der Waals surface area contributed by atoms with Crippen molar-refractivity contribution >= 4 is 11.6 Å². The van der Waals surface area contributed by atoms with Gasteiger partial charge in [-0.15, -0.1) is 0 Å². The Kier molecular flexibility index (Phi) is 4.26. The van der Waals surface area contributed by atoms with Gasteiger partial charge < -0.3 is 9.84 Å². The Morgan fingerprint density at radius 3 is 2.57 bits per heavy atom. The van der Waals surface area contributed by atoms with Crippen LogP contribution in [0.4, 0.5) is 0 Å². The van der Waals surface area contributed by atoms with Gasteiger partial charge in [0.1, 0.15) is 11.5 Å². The summed E-state index contributed by atoms with van der Waals surface area (Å²) in [5, 5.41) is 9.93. The lowest BCUT2D eigenvalue weighted by Gasteiger charge is -2.18. The van der Waals surface area contributed by atoms with Gasteiger partial charge in [-0.1, -0.05) is 11.6 Å². The molecule has 1 N–H and O–H groups in total. The Labute approximate surface area is 123 Å². The highest BCUT2D eigenvalue weighted by Gasteiger charge is 2.30. The van der Waals surface area contributed by atoms with Crippen LogP contribution in [0.3, 0.4) is 0 Å². The quantitative estimate of drug-likeness (QED) is 0.861. The highest BCUT2D eigenvalue weighted by molar-refractivity contribution is 6.26. The second-order valence-corrected chi connectivity index (χ2v) is 5.22. The number of ketones is 2. The molecule has 0 saturated heterocycles. The van der Waals surface area contributed by atoms with Gasteiger partial charge in [0, 0.05) is 5.57 Å². The smallest absolute Gasteiger partial charge is 0.193 e. The van der Waals surface area contributed by atoms with E-state index in [1.54, 1.807) is 0 Å². The average Bonchev–Trinajstić information content (AvgIpc) is 2.43. The molecule has 1 aliphatic carbocycles. The van der Waals surface area contributed by atoms with E-state index in [1.807, 2.05) is 19.9 Å². The van der Waals surface area contributed by atoms with E-state index in [0.29, 0.717) is 24.2 Å². The molecule has 0 fully saturated rings. The molecule has 4 heteroatoms. The fraction of sp³-hybridized carbons (Fsp3) is 0.294. The first kappa shape index (κ1) is 15.0. The molecule has 0 bridgehead atoms. The number of hydrogen-bond acceptors (Lipinski definition) is 4. The lowest BCUT2D eigenvalue weighted by atomic mass is 9.86.